The van der Waals surface area contributed by atoms with Crippen LogP contribution < -0.4 is 53.9 Å². The molecule has 0 spiro atoms. The number of hydrogen-bond donors (Lipinski definition) is 4. The second-order valence-corrected chi connectivity index (χ2v) is 10.3. The van der Waals surface area contributed by atoms with Crippen LogP contribution in [0.4, 0.5) is 10.6 Å². The minimum Gasteiger partial charge on any atom is -1.00 e. The van der Waals surface area contributed by atoms with Crippen LogP contribution >= 0.6 is 11.3 Å². The Labute approximate surface area is 361 Å². The molecular weight excluding hydrogens is 799 g/mol. The maximum Gasteiger partial charge on any atom is 3.00 e. The molecule has 288 valence electrons. The molecule has 0 saturated carbocycles. The molecule has 23 heteroatoms. The second kappa shape index (κ2) is 32.5. The van der Waals surface area contributed by atoms with E-state index in [1.54, 1.807) is 29.7 Å². The van der Waals surface area contributed by atoms with E-state index in [1.807, 2.05) is 19.4 Å². The first kappa shape index (κ1) is 62.0. The third kappa shape index (κ3) is 23.6. The van der Waals surface area contributed by atoms with Crippen LogP contribution in [-0.2, 0) is 22.6 Å². The molecule has 0 bridgehead atoms. The predicted molar refractivity (Wildman–Crippen MR) is 186 cm³/mol. The number of esters is 2. The minimum absolute atomic E-state index is 0. The summed E-state index contributed by atoms with van der Waals surface area (Å²) in [5.74, 6) is -2.62. The second-order valence-electron chi connectivity index (χ2n) is 9.32. The number of hydrogen-bond acceptors (Lipinski definition) is 17. The number of carbonyl (C=O) groups is 5. The Bertz CT molecular complexity index is 1680. The summed E-state index contributed by atoms with van der Waals surface area (Å²) in [6.07, 6.45) is 2.47. The molecule has 54 heavy (non-hydrogen) atoms. The van der Waals surface area contributed by atoms with Crippen molar-refractivity contribution in [2.45, 2.75) is 40.7 Å². The number of benzene rings is 2. The number of aromatic nitrogens is 3. The first-order chi connectivity index (χ1) is 22.6. The van der Waals surface area contributed by atoms with Crippen molar-refractivity contribution in [1.29, 1.82) is 0 Å². The number of aliphatic hydroxyl groups excluding tert-OH is 1. The number of rotatable bonds is 8. The van der Waals surface area contributed by atoms with Crippen LogP contribution in [0.15, 0.2) is 60.2 Å². The minimum atomic E-state index is -1.36. The molecule has 0 aliphatic carbocycles. The molecule has 2 amide bonds. The smallest absolute Gasteiger partial charge is 1.00 e. The van der Waals surface area contributed by atoms with E-state index >= 15 is 0 Å². The van der Waals surface area contributed by atoms with Crippen molar-refractivity contribution >= 4 is 102 Å². The third-order valence-electron chi connectivity index (χ3n) is 5.58. The molecule has 0 fully saturated rings. The first-order valence-electron chi connectivity index (χ1n) is 13.7. The number of nitrogens with two attached hydrogens (primary N) is 3. The summed E-state index contributed by atoms with van der Waals surface area (Å²) >= 11 is 1.65. The summed E-state index contributed by atoms with van der Waals surface area (Å²) in [4.78, 5) is 60.6. The number of urea groups is 1. The average Bonchev–Trinajstić information content (AvgIpc) is 3.33. The molecule has 2 aromatic carbocycles. The molecule has 0 unspecified atom stereocenters. The fourth-order valence-electron chi connectivity index (χ4n) is 3.53. The molecule has 0 atom stereocenters. The number of primary amides is 2. The molecule has 4 aromatic rings. The van der Waals surface area contributed by atoms with Gasteiger partial charge in [-0.3, -0.25) is 9.59 Å². The molecule has 0 saturated heterocycles. The van der Waals surface area contributed by atoms with Crippen LogP contribution in [-0.4, -0.2) is 123 Å². The fraction of sp³-hybridized carbons (Fsp3) is 0.226. The van der Waals surface area contributed by atoms with E-state index in [1.165, 1.54) is 55.1 Å². The number of carboxylic acids is 2. The normalized spacial score (nSPS) is 8.54. The SMILES string of the molecule is CC(=O)Oc1ccccc1C(=O)[O-].CC(=O)Oc1ccccc1C(=O)[O-].Cc1ncc(C[n+]2csc(CCO)c2C)c(N)n1.NC(N)=O.[Al+3].[Ca+2].[Cl-].[OH-].[OH-].[OH-]. The van der Waals surface area contributed by atoms with Gasteiger partial charge in [0.2, 0.25) is 5.51 Å². The number of aliphatic hydroxyl groups is 1. The number of aryl methyl sites for hydroxylation is 1. The van der Waals surface area contributed by atoms with Gasteiger partial charge in [-0.05, 0) is 31.2 Å². The van der Waals surface area contributed by atoms with Gasteiger partial charge in [0.1, 0.15) is 23.1 Å². The number of ether oxygens (including phenoxy) is 2. The maximum atomic E-state index is 10.6. The molecule has 4 rings (SSSR count). The van der Waals surface area contributed by atoms with Gasteiger partial charge < -0.3 is 80.4 Å². The van der Waals surface area contributed by atoms with Crippen molar-refractivity contribution in [2.24, 2.45) is 11.5 Å². The Morgan fingerprint density at radius 3 is 1.61 bits per heavy atom. The maximum absolute atomic E-state index is 10.6. The number of thiazole rings is 1. The molecule has 19 nitrogen and oxygen atoms in total. The Balaban J connectivity index is -0.000000147. The van der Waals surface area contributed by atoms with Gasteiger partial charge in [0.05, 0.1) is 22.4 Å². The summed E-state index contributed by atoms with van der Waals surface area (Å²) in [5, 5.41) is 30.0. The Morgan fingerprint density at radius 1 is 0.852 bits per heavy atom. The molecule has 2 heterocycles. The van der Waals surface area contributed by atoms with E-state index in [-0.39, 0.29) is 113 Å². The largest absolute Gasteiger partial charge is 3.00 e. The standard InChI is InChI=1S/C12H17N4OS.2C9H8O4.CH4N2O.Al.Ca.ClH.3H2O/c1-8-11(3-4-17)18-7-16(8)6-10-5-14-9(2)15-12(10)13;2*1-6(10)13-8-5-3-2-4-7(8)9(11)12;2-1(3)4;;;;;;/h5,7,17H,3-4,6H2,1-2H3,(H2,13,14,15);2*2-5H,1H3,(H,11,12);(H4,2,3,4);;;1H;3*1H2/q+1;;;;+3;+2;;;;/p-6. The average molecular weight is 837 g/mol. The zero-order chi connectivity index (χ0) is 36.4. The number of anilines is 1. The van der Waals surface area contributed by atoms with E-state index in [0.29, 0.717) is 24.6 Å². The molecule has 10 N–H and O–H groups in total. The zero-order valence-electron chi connectivity index (χ0n) is 29.5. The van der Waals surface area contributed by atoms with Gasteiger partial charge in [0, 0.05) is 51.1 Å². The summed E-state index contributed by atoms with van der Waals surface area (Å²) < 4.78 is 11.4. The van der Waals surface area contributed by atoms with Gasteiger partial charge >= 0.3 is 73.1 Å². The van der Waals surface area contributed by atoms with Crippen molar-refractivity contribution < 1.29 is 82.2 Å². The monoisotopic (exact) mass is 836 g/mol. The zero-order valence-corrected chi connectivity index (χ0v) is 34.4. The van der Waals surface area contributed by atoms with Crippen molar-refractivity contribution in [3.05, 3.63) is 93.3 Å². The number of nitrogen functional groups attached to an aromatic ring is 1. The van der Waals surface area contributed by atoms with Crippen LogP contribution in [0.5, 0.6) is 11.5 Å². The van der Waals surface area contributed by atoms with Crippen LogP contribution in [0.3, 0.4) is 0 Å². The van der Waals surface area contributed by atoms with E-state index in [2.05, 4.69) is 35.5 Å². The fourth-order valence-corrected chi connectivity index (χ4v) is 4.51. The number of halogens is 1. The Kier molecular flexibility index (Phi) is 37.3. The van der Waals surface area contributed by atoms with E-state index in [0.717, 1.165) is 11.3 Å². The van der Waals surface area contributed by atoms with Gasteiger partial charge in [-0.15, -0.1) is 0 Å². The number of para-hydroxylation sites is 2. The van der Waals surface area contributed by atoms with Crippen molar-refractivity contribution in [3.63, 3.8) is 0 Å². The van der Waals surface area contributed by atoms with Gasteiger partial charge in [-0.2, -0.15) is 4.57 Å². The summed E-state index contributed by atoms with van der Waals surface area (Å²) in [6, 6.07) is 10.8. The van der Waals surface area contributed by atoms with Crippen LogP contribution in [0.2, 0.25) is 0 Å². The number of carbonyl (C=O) groups excluding carboxylic acids is 5. The third-order valence-corrected chi connectivity index (χ3v) is 6.72. The van der Waals surface area contributed by atoms with Crippen molar-refractivity contribution in [3.8, 4) is 11.5 Å². The van der Waals surface area contributed by atoms with E-state index in [4.69, 9.17) is 15.6 Å². The molecule has 0 radical (unpaired) electrons. The number of amides is 2. The number of aromatic carboxylic acids is 2. The van der Waals surface area contributed by atoms with Crippen molar-refractivity contribution in [2.75, 3.05) is 12.3 Å². The van der Waals surface area contributed by atoms with Crippen LogP contribution in [0.1, 0.15) is 56.5 Å². The summed E-state index contributed by atoms with van der Waals surface area (Å²) in [7, 11) is 0. The topological polar surface area (TPSA) is 368 Å². The van der Waals surface area contributed by atoms with Gasteiger partial charge in [0.15, 0.2) is 12.2 Å². The Hall–Kier alpha value is -3.98. The summed E-state index contributed by atoms with van der Waals surface area (Å²) in [5.41, 5.74) is 18.3. The summed E-state index contributed by atoms with van der Waals surface area (Å²) in [6.45, 7) is 7.12. The van der Waals surface area contributed by atoms with E-state index < -0.39 is 29.9 Å². The van der Waals surface area contributed by atoms with Crippen molar-refractivity contribution in [1.82, 2.24) is 9.97 Å². The number of carboxylic acid groups (broad SMARTS) is 2. The first-order valence-corrected chi connectivity index (χ1v) is 14.6. The molecule has 0 aliphatic heterocycles. The van der Waals surface area contributed by atoms with Crippen LogP contribution in [0, 0.1) is 13.8 Å². The van der Waals surface area contributed by atoms with Gasteiger partial charge in [-0.25, -0.2) is 14.8 Å². The van der Waals surface area contributed by atoms with Gasteiger partial charge in [0.25, 0.3) is 0 Å². The Morgan fingerprint density at radius 2 is 1.26 bits per heavy atom. The molecule has 2 aromatic heterocycles. The molecular formula is C31H38AlCaClN6O13S. The van der Waals surface area contributed by atoms with Gasteiger partial charge in [-0.1, -0.05) is 35.6 Å². The molecule has 0 aliphatic rings. The predicted octanol–water partition coefficient (Wildman–Crippen LogP) is -4.71. The quantitative estimate of drug-likeness (QED) is 0.0560. The van der Waals surface area contributed by atoms with E-state index in [9.17, 15) is 29.4 Å². The number of nitrogens with zero attached hydrogens (tertiary/aromatic N) is 3. The van der Waals surface area contributed by atoms with Crippen LogP contribution in [0.25, 0.3) is 0 Å².